The van der Waals surface area contributed by atoms with Crippen LogP contribution < -0.4 is 5.32 Å². The number of aromatic amines is 1. The molecule has 2 aromatic rings. The van der Waals surface area contributed by atoms with E-state index >= 15 is 0 Å². The Hall–Kier alpha value is -1.36. The molecule has 2 N–H and O–H groups in total. The van der Waals surface area contributed by atoms with Crippen molar-refractivity contribution in [2.24, 2.45) is 11.8 Å². The molecule has 18 heavy (non-hydrogen) atoms. The number of anilines is 1. The van der Waals surface area contributed by atoms with E-state index in [0.717, 1.165) is 23.2 Å². The van der Waals surface area contributed by atoms with Crippen molar-refractivity contribution in [1.29, 1.82) is 0 Å². The normalized spacial score (nSPS) is 30.2. The molecular weight excluding hydrogens is 250 g/mol. The first-order chi connectivity index (χ1) is 8.79. The van der Waals surface area contributed by atoms with Crippen LogP contribution in [-0.2, 0) is 0 Å². The van der Waals surface area contributed by atoms with Gasteiger partial charge in [0.2, 0.25) is 5.28 Å². The summed E-state index contributed by atoms with van der Waals surface area (Å²) in [6.07, 6.45) is 6.98. The van der Waals surface area contributed by atoms with Crippen molar-refractivity contribution in [1.82, 2.24) is 19.9 Å². The van der Waals surface area contributed by atoms with E-state index in [1.807, 2.05) is 0 Å². The third-order valence-electron chi connectivity index (χ3n) is 4.32. The van der Waals surface area contributed by atoms with Crippen LogP contribution in [0.15, 0.2) is 6.33 Å². The highest BCUT2D eigenvalue weighted by Gasteiger charge is 2.39. The van der Waals surface area contributed by atoms with Crippen molar-refractivity contribution in [2.75, 3.05) is 5.32 Å². The summed E-state index contributed by atoms with van der Waals surface area (Å²) in [4.78, 5) is 15.6. The second-order valence-electron chi connectivity index (χ2n) is 5.37. The van der Waals surface area contributed by atoms with Gasteiger partial charge in [0.25, 0.3) is 0 Å². The topological polar surface area (TPSA) is 66.5 Å². The van der Waals surface area contributed by atoms with Crippen LogP contribution in [0.1, 0.15) is 25.7 Å². The highest BCUT2D eigenvalue weighted by Crippen LogP contribution is 2.45. The summed E-state index contributed by atoms with van der Waals surface area (Å²) in [5, 5.41) is 3.79. The molecule has 2 aromatic heterocycles. The van der Waals surface area contributed by atoms with Gasteiger partial charge in [-0.05, 0) is 42.7 Å². The largest absolute Gasteiger partial charge is 0.365 e. The lowest BCUT2D eigenvalue weighted by molar-refractivity contribution is 0.439. The second kappa shape index (κ2) is 3.82. The van der Waals surface area contributed by atoms with Crippen LogP contribution >= 0.6 is 11.6 Å². The zero-order valence-electron chi connectivity index (χ0n) is 9.86. The molecular formula is C12H14ClN5. The number of halogens is 1. The first kappa shape index (κ1) is 10.6. The fourth-order valence-electron chi connectivity index (χ4n) is 3.51. The smallest absolute Gasteiger partial charge is 0.226 e. The standard InChI is InChI=1S/C12H14ClN5/c13-12-17-10-9(14-5-15-10)11(18-12)16-8-4-6-1-2-7(8)3-6/h5-8H,1-4H2,(H2,14,15,16,17,18). The van der Waals surface area contributed by atoms with Gasteiger partial charge >= 0.3 is 0 Å². The molecule has 2 aliphatic rings. The Labute approximate surface area is 109 Å². The quantitative estimate of drug-likeness (QED) is 0.818. The maximum absolute atomic E-state index is 5.93. The number of hydrogen-bond donors (Lipinski definition) is 2. The minimum Gasteiger partial charge on any atom is -0.365 e. The minimum atomic E-state index is 0.250. The van der Waals surface area contributed by atoms with Crippen LogP contribution in [0.3, 0.4) is 0 Å². The van der Waals surface area contributed by atoms with E-state index in [9.17, 15) is 0 Å². The molecule has 0 amide bonds. The van der Waals surface area contributed by atoms with Crippen molar-refractivity contribution in [3.8, 4) is 0 Å². The molecule has 0 spiro atoms. The number of fused-ring (bicyclic) bond motifs is 3. The van der Waals surface area contributed by atoms with Gasteiger partial charge in [-0.15, -0.1) is 0 Å². The zero-order chi connectivity index (χ0) is 12.1. The Morgan fingerprint density at radius 1 is 1.28 bits per heavy atom. The van der Waals surface area contributed by atoms with Gasteiger partial charge in [0, 0.05) is 6.04 Å². The van der Waals surface area contributed by atoms with Crippen molar-refractivity contribution >= 4 is 28.6 Å². The number of aromatic nitrogens is 4. The van der Waals surface area contributed by atoms with E-state index in [2.05, 4.69) is 25.3 Å². The first-order valence-corrected chi connectivity index (χ1v) is 6.80. The summed E-state index contributed by atoms with van der Waals surface area (Å²) in [5.41, 5.74) is 1.47. The molecule has 3 atom stereocenters. The van der Waals surface area contributed by atoms with Gasteiger partial charge in [0.05, 0.1) is 6.33 Å². The predicted octanol–water partition coefficient (Wildman–Crippen LogP) is 2.61. The molecule has 3 unspecified atom stereocenters. The molecule has 5 nitrogen and oxygen atoms in total. The highest BCUT2D eigenvalue weighted by molar-refractivity contribution is 6.28. The molecule has 2 fully saturated rings. The maximum atomic E-state index is 5.93. The number of rotatable bonds is 2. The fraction of sp³-hybridized carbons (Fsp3) is 0.583. The van der Waals surface area contributed by atoms with Crippen LogP contribution in [-0.4, -0.2) is 26.0 Å². The maximum Gasteiger partial charge on any atom is 0.226 e. The summed E-state index contributed by atoms with van der Waals surface area (Å²) in [6, 6.07) is 0.529. The Kier molecular flexibility index (Phi) is 2.24. The summed E-state index contributed by atoms with van der Waals surface area (Å²) in [7, 11) is 0. The van der Waals surface area contributed by atoms with Gasteiger partial charge < -0.3 is 10.3 Å². The Bertz CT molecular complexity index is 595. The summed E-state index contributed by atoms with van der Waals surface area (Å²) < 4.78 is 0. The lowest BCUT2D eigenvalue weighted by Gasteiger charge is -2.23. The number of imidazole rings is 1. The Balaban J connectivity index is 1.68. The highest BCUT2D eigenvalue weighted by atomic mass is 35.5. The molecule has 0 aliphatic heterocycles. The number of H-pyrrole nitrogens is 1. The van der Waals surface area contributed by atoms with Gasteiger partial charge in [0.15, 0.2) is 11.5 Å². The molecule has 2 aliphatic carbocycles. The zero-order valence-corrected chi connectivity index (χ0v) is 10.6. The van der Waals surface area contributed by atoms with Crippen LogP contribution in [0.25, 0.3) is 11.2 Å². The molecule has 0 saturated heterocycles. The Morgan fingerprint density at radius 2 is 2.22 bits per heavy atom. The van der Waals surface area contributed by atoms with Crippen molar-refractivity contribution in [2.45, 2.75) is 31.7 Å². The predicted molar refractivity (Wildman–Crippen MR) is 69.6 cm³/mol. The number of nitrogens with one attached hydrogen (secondary N) is 2. The monoisotopic (exact) mass is 263 g/mol. The molecule has 0 aromatic carbocycles. The van der Waals surface area contributed by atoms with Gasteiger partial charge in [-0.25, -0.2) is 4.98 Å². The van der Waals surface area contributed by atoms with Crippen molar-refractivity contribution < 1.29 is 0 Å². The summed E-state index contributed by atoms with van der Waals surface area (Å²) in [5.74, 6) is 2.49. The molecule has 2 saturated carbocycles. The summed E-state index contributed by atoms with van der Waals surface area (Å²) in [6.45, 7) is 0. The van der Waals surface area contributed by atoms with Crippen molar-refractivity contribution in [3.63, 3.8) is 0 Å². The minimum absolute atomic E-state index is 0.250. The van der Waals surface area contributed by atoms with E-state index in [4.69, 9.17) is 11.6 Å². The first-order valence-electron chi connectivity index (χ1n) is 6.43. The van der Waals surface area contributed by atoms with Gasteiger partial charge in [0.1, 0.15) is 5.52 Å². The molecule has 6 heteroatoms. The number of hydrogen-bond acceptors (Lipinski definition) is 4. The van der Waals surface area contributed by atoms with Crippen molar-refractivity contribution in [3.05, 3.63) is 11.6 Å². The summed E-state index contributed by atoms with van der Waals surface area (Å²) >= 11 is 5.93. The van der Waals surface area contributed by atoms with Gasteiger partial charge in [-0.2, -0.15) is 9.97 Å². The molecule has 2 bridgehead atoms. The Morgan fingerprint density at radius 3 is 3.00 bits per heavy atom. The lowest BCUT2D eigenvalue weighted by Crippen LogP contribution is -2.26. The van der Waals surface area contributed by atoms with Crippen LogP contribution in [0.2, 0.25) is 5.28 Å². The molecule has 94 valence electrons. The average Bonchev–Trinajstić information content (AvgIpc) is 3.02. The molecule has 2 heterocycles. The molecule has 4 rings (SSSR count). The second-order valence-corrected chi connectivity index (χ2v) is 5.71. The van der Waals surface area contributed by atoms with E-state index in [0.29, 0.717) is 11.7 Å². The van der Waals surface area contributed by atoms with E-state index < -0.39 is 0 Å². The van der Waals surface area contributed by atoms with Crippen LogP contribution in [0.4, 0.5) is 5.82 Å². The van der Waals surface area contributed by atoms with Crippen LogP contribution in [0.5, 0.6) is 0 Å². The van der Waals surface area contributed by atoms with E-state index in [1.165, 1.54) is 25.7 Å². The third-order valence-corrected chi connectivity index (χ3v) is 4.49. The van der Waals surface area contributed by atoms with Gasteiger partial charge in [-0.1, -0.05) is 6.42 Å². The third kappa shape index (κ3) is 1.57. The molecule has 0 radical (unpaired) electrons. The number of nitrogens with zero attached hydrogens (tertiary/aromatic N) is 3. The van der Waals surface area contributed by atoms with Gasteiger partial charge in [-0.3, -0.25) is 0 Å². The average molecular weight is 264 g/mol. The lowest BCUT2D eigenvalue weighted by atomic mass is 9.95. The van der Waals surface area contributed by atoms with E-state index in [-0.39, 0.29) is 5.28 Å². The van der Waals surface area contributed by atoms with E-state index in [1.54, 1.807) is 6.33 Å². The van der Waals surface area contributed by atoms with Crippen LogP contribution in [0, 0.1) is 11.8 Å². The fourth-order valence-corrected chi connectivity index (χ4v) is 3.67. The SMILES string of the molecule is Clc1nc(NC2CC3CCC2C3)c2[nH]cnc2n1.